The van der Waals surface area contributed by atoms with Crippen LogP contribution in [0.15, 0.2) is 53.7 Å². The summed E-state index contributed by atoms with van der Waals surface area (Å²) in [5.74, 6) is 1.79. The molecule has 1 aromatic heterocycles. The second-order valence-electron chi connectivity index (χ2n) is 7.42. The number of carbonyl (C=O) groups is 1. The summed E-state index contributed by atoms with van der Waals surface area (Å²) in [5.41, 5.74) is 1.75. The zero-order chi connectivity index (χ0) is 21.6. The molecule has 2 aromatic carbocycles. The molecule has 6 nitrogen and oxygen atoms in total. The van der Waals surface area contributed by atoms with Gasteiger partial charge in [-0.05, 0) is 56.2 Å². The number of aromatic nitrogens is 3. The van der Waals surface area contributed by atoms with Crippen LogP contribution in [0, 0.1) is 0 Å². The molecule has 1 N–H and O–H groups in total. The third-order valence-electron chi connectivity index (χ3n) is 5.17. The molecule has 0 saturated heterocycles. The molecule has 0 bridgehead atoms. The van der Waals surface area contributed by atoms with E-state index in [0.717, 1.165) is 29.8 Å². The van der Waals surface area contributed by atoms with Crippen molar-refractivity contribution < 1.29 is 9.53 Å². The van der Waals surface area contributed by atoms with E-state index in [2.05, 4.69) is 15.5 Å². The van der Waals surface area contributed by atoms with E-state index >= 15 is 0 Å². The second-order valence-corrected chi connectivity index (χ2v) is 8.80. The molecule has 0 spiro atoms. The highest BCUT2D eigenvalue weighted by atomic mass is 35.5. The van der Waals surface area contributed by atoms with Crippen molar-refractivity contribution in [2.45, 2.75) is 43.8 Å². The van der Waals surface area contributed by atoms with E-state index in [4.69, 9.17) is 16.3 Å². The first-order valence-corrected chi connectivity index (χ1v) is 11.9. The fourth-order valence-corrected chi connectivity index (χ4v) is 4.69. The Kier molecular flexibility index (Phi) is 7.14. The van der Waals surface area contributed by atoms with Gasteiger partial charge in [0, 0.05) is 22.3 Å². The summed E-state index contributed by atoms with van der Waals surface area (Å²) in [6.45, 7) is 2.56. The van der Waals surface area contributed by atoms with E-state index in [9.17, 15) is 4.79 Å². The summed E-state index contributed by atoms with van der Waals surface area (Å²) in [6.07, 6.45) is 4.51. The first-order valence-electron chi connectivity index (χ1n) is 10.5. The first kappa shape index (κ1) is 21.7. The Morgan fingerprint density at radius 3 is 2.68 bits per heavy atom. The average molecular weight is 457 g/mol. The molecule has 3 aromatic rings. The highest BCUT2D eigenvalue weighted by molar-refractivity contribution is 7.99. The molecular formula is C23H25ClN4O2S. The van der Waals surface area contributed by atoms with Crippen molar-refractivity contribution in [1.29, 1.82) is 0 Å². The highest BCUT2D eigenvalue weighted by Crippen LogP contribution is 2.30. The zero-order valence-corrected chi connectivity index (χ0v) is 19.0. The molecule has 1 aliphatic carbocycles. The Balaban J connectivity index is 1.60. The number of rotatable bonds is 8. The minimum absolute atomic E-state index is 0.0300. The van der Waals surface area contributed by atoms with Crippen LogP contribution in [0.25, 0.3) is 17.1 Å². The van der Waals surface area contributed by atoms with Gasteiger partial charge in [-0.15, -0.1) is 10.2 Å². The van der Waals surface area contributed by atoms with Gasteiger partial charge in [-0.25, -0.2) is 0 Å². The van der Waals surface area contributed by atoms with E-state index in [1.54, 1.807) is 0 Å². The van der Waals surface area contributed by atoms with Crippen molar-refractivity contribution in [3.8, 4) is 22.8 Å². The monoisotopic (exact) mass is 456 g/mol. The average Bonchev–Trinajstić information content (AvgIpc) is 3.43. The molecule has 1 heterocycles. The van der Waals surface area contributed by atoms with Crippen molar-refractivity contribution in [2.75, 3.05) is 12.4 Å². The Bertz CT molecular complexity index is 1030. The van der Waals surface area contributed by atoms with Gasteiger partial charge in [-0.3, -0.25) is 9.36 Å². The SMILES string of the molecule is CCOc1ccc(-n2c(SCC(=O)NC3CCCC3)nnc2-c2cccc(Cl)c2)cc1. The van der Waals surface area contributed by atoms with Crippen molar-refractivity contribution in [2.24, 2.45) is 0 Å². The topological polar surface area (TPSA) is 69.0 Å². The highest BCUT2D eigenvalue weighted by Gasteiger charge is 2.20. The lowest BCUT2D eigenvalue weighted by atomic mass is 10.2. The summed E-state index contributed by atoms with van der Waals surface area (Å²) >= 11 is 7.59. The Hall–Kier alpha value is -2.51. The predicted octanol–water partition coefficient (Wildman–Crippen LogP) is 5.14. The maximum absolute atomic E-state index is 12.4. The van der Waals surface area contributed by atoms with Crippen LogP contribution in [0.2, 0.25) is 5.02 Å². The molecule has 1 aliphatic rings. The van der Waals surface area contributed by atoms with Crippen molar-refractivity contribution in [1.82, 2.24) is 20.1 Å². The fraction of sp³-hybridized carbons (Fsp3) is 0.348. The zero-order valence-electron chi connectivity index (χ0n) is 17.4. The van der Waals surface area contributed by atoms with Gasteiger partial charge in [-0.2, -0.15) is 0 Å². The summed E-state index contributed by atoms with van der Waals surface area (Å²) < 4.78 is 7.52. The number of amides is 1. The van der Waals surface area contributed by atoms with E-state index < -0.39 is 0 Å². The summed E-state index contributed by atoms with van der Waals surface area (Å²) in [6, 6.07) is 15.6. The Morgan fingerprint density at radius 2 is 1.97 bits per heavy atom. The molecule has 0 radical (unpaired) electrons. The molecular weight excluding hydrogens is 432 g/mol. The molecule has 0 aliphatic heterocycles. The van der Waals surface area contributed by atoms with Crippen LogP contribution >= 0.6 is 23.4 Å². The molecule has 8 heteroatoms. The summed E-state index contributed by atoms with van der Waals surface area (Å²) in [4.78, 5) is 12.4. The minimum atomic E-state index is 0.0300. The minimum Gasteiger partial charge on any atom is -0.494 e. The number of thioether (sulfide) groups is 1. The number of nitrogens with one attached hydrogen (secondary N) is 1. The molecule has 1 amide bonds. The number of benzene rings is 2. The number of halogens is 1. The number of ether oxygens (including phenoxy) is 1. The molecule has 162 valence electrons. The van der Waals surface area contributed by atoms with Crippen LogP contribution in [-0.4, -0.2) is 39.1 Å². The molecule has 1 saturated carbocycles. The van der Waals surface area contributed by atoms with Crippen LogP contribution < -0.4 is 10.1 Å². The maximum Gasteiger partial charge on any atom is 0.230 e. The van der Waals surface area contributed by atoms with Gasteiger partial charge in [0.2, 0.25) is 5.91 Å². The lowest BCUT2D eigenvalue weighted by Gasteiger charge is -2.13. The van der Waals surface area contributed by atoms with Crippen LogP contribution in [0.5, 0.6) is 5.75 Å². The second kappa shape index (κ2) is 10.2. The van der Waals surface area contributed by atoms with E-state index in [-0.39, 0.29) is 5.91 Å². The van der Waals surface area contributed by atoms with Gasteiger partial charge in [0.15, 0.2) is 11.0 Å². The molecule has 1 fully saturated rings. The molecule has 0 unspecified atom stereocenters. The van der Waals surface area contributed by atoms with Gasteiger partial charge in [0.1, 0.15) is 5.75 Å². The Morgan fingerprint density at radius 1 is 1.19 bits per heavy atom. The number of hydrogen-bond acceptors (Lipinski definition) is 5. The first-order chi connectivity index (χ1) is 15.1. The van der Waals surface area contributed by atoms with E-state index in [0.29, 0.717) is 34.4 Å². The van der Waals surface area contributed by atoms with Gasteiger partial charge < -0.3 is 10.1 Å². The van der Waals surface area contributed by atoms with Gasteiger partial charge in [0.05, 0.1) is 12.4 Å². The lowest BCUT2D eigenvalue weighted by Crippen LogP contribution is -2.33. The largest absolute Gasteiger partial charge is 0.494 e. The third-order valence-corrected chi connectivity index (χ3v) is 6.34. The molecule has 4 rings (SSSR count). The van der Waals surface area contributed by atoms with E-state index in [1.165, 1.54) is 24.6 Å². The van der Waals surface area contributed by atoms with Crippen LogP contribution in [-0.2, 0) is 4.79 Å². The normalized spacial score (nSPS) is 14.0. The predicted molar refractivity (Wildman–Crippen MR) is 124 cm³/mol. The molecule has 31 heavy (non-hydrogen) atoms. The van der Waals surface area contributed by atoms with Gasteiger partial charge >= 0.3 is 0 Å². The van der Waals surface area contributed by atoms with Crippen molar-refractivity contribution in [3.63, 3.8) is 0 Å². The van der Waals surface area contributed by atoms with Crippen molar-refractivity contribution >= 4 is 29.3 Å². The summed E-state index contributed by atoms with van der Waals surface area (Å²) in [5, 5.41) is 13.2. The fourth-order valence-electron chi connectivity index (χ4n) is 3.74. The quantitative estimate of drug-likeness (QED) is 0.475. The van der Waals surface area contributed by atoms with Gasteiger partial charge in [0.25, 0.3) is 0 Å². The van der Waals surface area contributed by atoms with Crippen LogP contribution in [0.3, 0.4) is 0 Å². The molecule has 0 atom stereocenters. The smallest absolute Gasteiger partial charge is 0.230 e. The van der Waals surface area contributed by atoms with Crippen LogP contribution in [0.4, 0.5) is 0 Å². The van der Waals surface area contributed by atoms with Crippen molar-refractivity contribution in [3.05, 3.63) is 53.6 Å². The Labute approximate surface area is 191 Å². The third kappa shape index (κ3) is 5.40. The number of hydrogen-bond donors (Lipinski definition) is 1. The number of nitrogens with zero attached hydrogens (tertiary/aromatic N) is 3. The number of carbonyl (C=O) groups excluding carboxylic acids is 1. The van der Waals surface area contributed by atoms with E-state index in [1.807, 2.05) is 60.0 Å². The maximum atomic E-state index is 12.4. The summed E-state index contributed by atoms with van der Waals surface area (Å²) in [7, 11) is 0. The lowest BCUT2D eigenvalue weighted by molar-refractivity contribution is -0.119. The van der Waals surface area contributed by atoms with Gasteiger partial charge in [-0.1, -0.05) is 48.3 Å². The van der Waals surface area contributed by atoms with Crippen LogP contribution in [0.1, 0.15) is 32.6 Å². The standard InChI is InChI=1S/C23H25ClN4O2S/c1-2-30-20-12-10-19(11-13-20)28-22(16-6-5-7-17(24)14-16)26-27-23(28)31-15-21(29)25-18-8-3-4-9-18/h5-7,10-14,18H,2-4,8-9,15H2,1H3,(H,25,29).